The molecule has 0 rings (SSSR count). The molecule has 0 aromatic heterocycles. The molecule has 3 nitrogen and oxygen atoms in total. The molecule has 0 saturated heterocycles. The molecule has 0 spiro atoms. The zero-order chi connectivity index (χ0) is 8.53. The van der Waals surface area contributed by atoms with Crippen molar-refractivity contribution in [3.05, 3.63) is 24.7 Å². The smallest absolute Gasteiger partial charge is 0.271 e. The summed E-state index contributed by atoms with van der Waals surface area (Å²) in [6, 6.07) is 0. The van der Waals surface area contributed by atoms with E-state index in [0.717, 1.165) is 0 Å². The summed E-state index contributed by atoms with van der Waals surface area (Å²) in [4.78, 5) is 0. The van der Waals surface area contributed by atoms with E-state index in [1.165, 1.54) is 0 Å². The van der Waals surface area contributed by atoms with Gasteiger partial charge in [-0.15, -0.1) is 0 Å². The number of ether oxygens (including phenoxy) is 2. The molecule has 0 fully saturated rings. The van der Waals surface area contributed by atoms with Crippen LogP contribution in [0.25, 0.3) is 0 Å². The average molecular weight is 158 g/mol. The normalized spacial score (nSPS) is 10.0. The van der Waals surface area contributed by atoms with Crippen molar-refractivity contribution in [3.8, 4) is 0 Å². The Labute approximate surface area is 66.9 Å². The fourth-order valence-corrected chi connectivity index (χ4v) is 0.486. The van der Waals surface area contributed by atoms with Crippen molar-refractivity contribution in [1.82, 2.24) is 0 Å². The molecule has 0 aromatic carbocycles. The summed E-state index contributed by atoms with van der Waals surface area (Å²) in [7, 11) is 0. The van der Waals surface area contributed by atoms with Crippen molar-refractivity contribution >= 4 is 0 Å². The lowest BCUT2D eigenvalue weighted by atomic mass is 10.5. The summed E-state index contributed by atoms with van der Waals surface area (Å²) in [5, 5.41) is 8.34. The maximum atomic E-state index is 8.34. The number of hydrogen-bond acceptors (Lipinski definition) is 3. The van der Waals surface area contributed by atoms with E-state index in [4.69, 9.17) is 14.6 Å². The number of aliphatic hydroxyl groups excluding tert-OH is 1. The second kappa shape index (κ2) is 7.15. The van der Waals surface area contributed by atoms with E-state index in [1.807, 2.05) is 6.92 Å². The van der Waals surface area contributed by atoms with Gasteiger partial charge in [-0.2, -0.15) is 0 Å². The third-order valence-corrected chi connectivity index (χ3v) is 0.918. The van der Waals surface area contributed by atoms with Crippen LogP contribution >= 0.6 is 0 Å². The van der Waals surface area contributed by atoms with E-state index in [2.05, 4.69) is 6.58 Å². The second-order valence-corrected chi connectivity index (χ2v) is 1.77. The van der Waals surface area contributed by atoms with Crippen LogP contribution in [0.4, 0.5) is 0 Å². The molecule has 0 aliphatic heterocycles. The van der Waals surface area contributed by atoms with Crippen LogP contribution in [0.1, 0.15) is 6.92 Å². The highest BCUT2D eigenvalue weighted by molar-refractivity contribution is 4.82. The first-order valence-corrected chi connectivity index (χ1v) is 3.51. The summed E-state index contributed by atoms with van der Waals surface area (Å²) >= 11 is 0. The van der Waals surface area contributed by atoms with E-state index in [0.29, 0.717) is 19.2 Å². The van der Waals surface area contributed by atoms with Gasteiger partial charge in [0.05, 0.1) is 13.2 Å². The molecule has 0 amide bonds. The highest BCUT2D eigenvalue weighted by Crippen LogP contribution is 1.94. The van der Waals surface area contributed by atoms with Crippen molar-refractivity contribution in [2.75, 3.05) is 19.8 Å². The number of rotatable bonds is 6. The predicted octanol–water partition coefficient (Wildman–Crippen LogP) is 1.06. The molecule has 0 heterocycles. The maximum Gasteiger partial charge on any atom is 0.271 e. The minimum atomic E-state index is 0.0322. The van der Waals surface area contributed by atoms with Gasteiger partial charge in [0, 0.05) is 0 Å². The third kappa shape index (κ3) is 6.93. The van der Waals surface area contributed by atoms with Gasteiger partial charge >= 0.3 is 0 Å². The van der Waals surface area contributed by atoms with E-state index >= 15 is 0 Å². The predicted molar refractivity (Wildman–Crippen MR) is 42.9 cm³/mol. The highest BCUT2D eigenvalue weighted by Gasteiger charge is 1.88. The van der Waals surface area contributed by atoms with Gasteiger partial charge in [0.25, 0.3) is 5.95 Å². The van der Waals surface area contributed by atoms with Gasteiger partial charge in [-0.25, -0.2) is 0 Å². The zero-order valence-corrected chi connectivity index (χ0v) is 6.75. The van der Waals surface area contributed by atoms with Crippen LogP contribution in [0.15, 0.2) is 24.7 Å². The van der Waals surface area contributed by atoms with Gasteiger partial charge in [-0.3, -0.25) is 0 Å². The first kappa shape index (κ1) is 10.0. The summed E-state index contributed by atoms with van der Waals surface area (Å²) < 4.78 is 9.88. The molecule has 3 heteroatoms. The van der Waals surface area contributed by atoms with Crippen molar-refractivity contribution in [2.45, 2.75) is 6.92 Å². The van der Waals surface area contributed by atoms with Crippen LogP contribution in [0.3, 0.4) is 0 Å². The Bertz CT molecular complexity index is 129. The topological polar surface area (TPSA) is 38.7 Å². The summed E-state index contributed by atoms with van der Waals surface area (Å²) in [5.74, 6) is 0.315. The van der Waals surface area contributed by atoms with Gasteiger partial charge in [0.2, 0.25) is 0 Å². The van der Waals surface area contributed by atoms with Crippen molar-refractivity contribution < 1.29 is 14.6 Å². The van der Waals surface area contributed by atoms with Crippen LogP contribution in [0.2, 0.25) is 0 Å². The lowest BCUT2D eigenvalue weighted by Gasteiger charge is -2.05. The summed E-state index contributed by atoms with van der Waals surface area (Å²) in [6.07, 6.45) is 3.30. The minimum Gasteiger partial charge on any atom is -0.466 e. The van der Waals surface area contributed by atoms with Crippen LogP contribution in [-0.4, -0.2) is 24.9 Å². The van der Waals surface area contributed by atoms with Crippen molar-refractivity contribution in [3.63, 3.8) is 0 Å². The second-order valence-electron chi connectivity index (χ2n) is 1.77. The molecule has 0 atom stereocenters. The Hall–Kier alpha value is -0.960. The monoisotopic (exact) mass is 158 g/mol. The van der Waals surface area contributed by atoms with Gasteiger partial charge in [-0.05, 0) is 19.6 Å². The lowest BCUT2D eigenvalue weighted by molar-refractivity contribution is 0.0551. The Balaban J connectivity index is 3.24. The Morgan fingerprint density at radius 1 is 1.45 bits per heavy atom. The van der Waals surface area contributed by atoms with Crippen LogP contribution < -0.4 is 0 Å². The highest BCUT2D eigenvalue weighted by atomic mass is 16.7. The quantitative estimate of drug-likeness (QED) is 0.464. The number of aliphatic hydroxyl groups is 1. The number of hydrogen-bond donors (Lipinski definition) is 1. The zero-order valence-electron chi connectivity index (χ0n) is 6.75. The van der Waals surface area contributed by atoms with Gasteiger partial charge in [-0.1, -0.05) is 6.08 Å². The fraction of sp³-hybridized carbons (Fsp3) is 0.500. The molecular formula is C8H14O3. The standard InChI is InChI=1S/C8H14O3/c1-3-10-8(2)11-7-5-4-6-9/h4-5,9H,2-3,6-7H2,1H3/b5-4+. The largest absolute Gasteiger partial charge is 0.466 e. The first-order chi connectivity index (χ1) is 5.31. The molecule has 11 heavy (non-hydrogen) atoms. The van der Waals surface area contributed by atoms with Gasteiger partial charge in [0.15, 0.2) is 0 Å². The molecular weight excluding hydrogens is 144 g/mol. The first-order valence-electron chi connectivity index (χ1n) is 3.51. The SMILES string of the molecule is C=C(OCC)OC/C=C/CO. The van der Waals surface area contributed by atoms with Crippen LogP contribution in [0.5, 0.6) is 0 Å². The Morgan fingerprint density at radius 2 is 2.18 bits per heavy atom. The average Bonchev–Trinajstić information content (AvgIpc) is 1.99. The van der Waals surface area contributed by atoms with Crippen molar-refractivity contribution in [1.29, 1.82) is 0 Å². The Morgan fingerprint density at radius 3 is 2.73 bits per heavy atom. The molecule has 64 valence electrons. The third-order valence-electron chi connectivity index (χ3n) is 0.918. The van der Waals surface area contributed by atoms with E-state index in [-0.39, 0.29) is 6.61 Å². The van der Waals surface area contributed by atoms with E-state index < -0.39 is 0 Å². The molecule has 0 unspecified atom stereocenters. The van der Waals surface area contributed by atoms with E-state index in [1.54, 1.807) is 12.2 Å². The summed E-state index contributed by atoms with van der Waals surface area (Å²) in [6.45, 7) is 6.34. The van der Waals surface area contributed by atoms with Crippen molar-refractivity contribution in [2.24, 2.45) is 0 Å². The minimum absolute atomic E-state index is 0.0322. The van der Waals surface area contributed by atoms with Crippen LogP contribution in [-0.2, 0) is 9.47 Å². The molecule has 0 radical (unpaired) electrons. The Kier molecular flexibility index (Phi) is 6.53. The van der Waals surface area contributed by atoms with E-state index in [9.17, 15) is 0 Å². The molecule has 0 aliphatic carbocycles. The molecule has 0 bridgehead atoms. The van der Waals surface area contributed by atoms with Gasteiger partial charge in [0.1, 0.15) is 6.61 Å². The molecule has 0 saturated carbocycles. The van der Waals surface area contributed by atoms with Gasteiger partial charge < -0.3 is 14.6 Å². The van der Waals surface area contributed by atoms with Crippen LogP contribution in [0, 0.1) is 0 Å². The lowest BCUT2D eigenvalue weighted by Crippen LogP contribution is -1.96. The molecule has 1 N–H and O–H groups in total. The maximum absolute atomic E-state index is 8.34. The fourth-order valence-electron chi connectivity index (χ4n) is 0.486. The molecule has 0 aliphatic rings. The molecule has 0 aromatic rings. The summed E-state index contributed by atoms with van der Waals surface area (Å²) in [5.41, 5.74) is 0.